The highest BCUT2D eigenvalue weighted by molar-refractivity contribution is 7.89. The highest BCUT2D eigenvalue weighted by Gasteiger charge is 2.14. The van der Waals surface area contributed by atoms with Crippen molar-refractivity contribution in [2.45, 2.75) is 18.5 Å². The highest BCUT2D eigenvalue weighted by Crippen LogP contribution is 2.06. The summed E-state index contributed by atoms with van der Waals surface area (Å²) in [6.45, 7) is 4.11. The molecule has 0 aliphatic heterocycles. The SMILES string of the molecule is CCNCc1ccc(S(=O)(=O)NCCOC)nc1. The summed E-state index contributed by atoms with van der Waals surface area (Å²) in [6, 6.07) is 3.25. The van der Waals surface area contributed by atoms with Crippen LogP contribution in [0.3, 0.4) is 0 Å². The normalized spacial score (nSPS) is 11.7. The standard InChI is InChI=1S/C11H19N3O3S/c1-3-12-8-10-4-5-11(13-9-10)18(15,16)14-6-7-17-2/h4-5,9,12,14H,3,6-8H2,1-2H3. The van der Waals surface area contributed by atoms with Crippen molar-refractivity contribution in [3.63, 3.8) is 0 Å². The molecule has 0 unspecified atom stereocenters. The van der Waals surface area contributed by atoms with Crippen molar-refractivity contribution in [3.8, 4) is 0 Å². The molecule has 6 nitrogen and oxygen atoms in total. The van der Waals surface area contributed by atoms with E-state index in [0.717, 1.165) is 12.1 Å². The van der Waals surface area contributed by atoms with Crippen molar-refractivity contribution in [3.05, 3.63) is 23.9 Å². The maximum atomic E-state index is 11.8. The third-order valence-electron chi connectivity index (χ3n) is 2.25. The number of rotatable bonds is 8. The number of pyridine rings is 1. The molecule has 0 radical (unpaired) electrons. The molecule has 0 aliphatic rings. The zero-order valence-electron chi connectivity index (χ0n) is 10.6. The topological polar surface area (TPSA) is 80.3 Å². The van der Waals surface area contributed by atoms with E-state index in [4.69, 9.17) is 4.74 Å². The third-order valence-corrected chi connectivity index (χ3v) is 3.63. The van der Waals surface area contributed by atoms with Gasteiger partial charge in [-0.2, -0.15) is 0 Å². The maximum Gasteiger partial charge on any atom is 0.258 e. The summed E-state index contributed by atoms with van der Waals surface area (Å²) in [4.78, 5) is 3.95. The first-order chi connectivity index (χ1) is 8.60. The minimum Gasteiger partial charge on any atom is -0.383 e. The van der Waals surface area contributed by atoms with E-state index in [1.165, 1.54) is 13.2 Å². The number of nitrogens with one attached hydrogen (secondary N) is 2. The Bertz CT molecular complexity index is 445. The van der Waals surface area contributed by atoms with E-state index in [1.807, 2.05) is 6.92 Å². The molecule has 0 saturated carbocycles. The van der Waals surface area contributed by atoms with Crippen LogP contribution in [0.5, 0.6) is 0 Å². The Morgan fingerprint density at radius 1 is 1.39 bits per heavy atom. The Morgan fingerprint density at radius 2 is 2.17 bits per heavy atom. The van der Waals surface area contributed by atoms with Crippen LogP contribution in [-0.4, -0.2) is 40.2 Å². The van der Waals surface area contributed by atoms with Crippen molar-refractivity contribution in [1.82, 2.24) is 15.0 Å². The minimum atomic E-state index is -3.53. The van der Waals surface area contributed by atoms with Gasteiger partial charge in [-0.15, -0.1) is 0 Å². The summed E-state index contributed by atoms with van der Waals surface area (Å²) in [7, 11) is -2.02. The molecule has 18 heavy (non-hydrogen) atoms. The van der Waals surface area contributed by atoms with Gasteiger partial charge in [0.2, 0.25) is 0 Å². The summed E-state index contributed by atoms with van der Waals surface area (Å²) < 4.78 is 30.8. The van der Waals surface area contributed by atoms with Gasteiger partial charge >= 0.3 is 0 Å². The lowest BCUT2D eigenvalue weighted by atomic mass is 10.3. The molecular formula is C11H19N3O3S. The zero-order chi connectivity index (χ0) is 13.4. The first-order valence-corrected chi connectivity index (χ1v) is 7.22. The highest BCUT2D eigenvalue weighted by atomic mass is 32.2. The number of aromatic nitrogens is 1. The van der Waals surface area contributed by atoms with Gasteiger partial charge in [0.05, 0.1) is 6.61 Å². The molecule has 7 heteroatoms. The summed E-state index contributed by atoms with van der Waals surface area (Å²) >= 11 is 0. The fraction of sp³-hybridized carbons (Fsp3) is 0.545. The average molecular weight is 273 g/mol. The molecule has 1 aromatic heterocycles. The van der Waals surface area contributed by atoms with Gasteiger partial charge in [0, 0.05) is 26.4 Å². The van der Waals surface area contributed by atoms with Crippen molar-refractivity contribution in [2.75, 3.05) is 26.8 Å². The van der Waals surface area contributed by atoms with Crippen molar-refractivity contribution in [1.29, 1.82) is 0 Å². The van der Waals surface area contributed by atoms with Gasteiger partial charge < -0.3 is 10.1 Å². The van der Waals surface area contributed by atoms with Crippen LogP contribution in [0.15, 0.2) is 23.4 Å². The molecule has 102 valence electrons. The van der Waals surface area contributed by atoms with E-state index >= 15 is 0 Å². The smallest absolute Gasteiger partial charge is 0.258 e. The molecule has 0 spiro atoms. The summed E-state index contributed by atoms with van der Waals surface area (Å²) in [5.74, 6) is 0. The van der Waals surface area contributed by atoms with Crippen LogP contribution in [0.4, 0.5) is 0 Å². The van der Waals surface area contributed by atoms with Crippen LogP contribution in [0.25, 0.3) is 0 Å². The second-order valence-electron chi connectivity index (χ2n) is 3.68. The Labute approximate surface area is 108 Å². The predicted octanol–water partition coefficient (Wildman–Crippen LogP) is 0.116. The predicted molar refractivity (Wildman–Crippen MR) is 68.7 cm³/mol. The molecule has 1 heterocycles. The lowest BCUT2D eigenvalue weighted by Crippen LogP contribution is -2.28. The Balaban J connectivity index is 2.65. The van der Waals surface area contributed by atoms with E-state index in [2.05, 4.69) is 15.0 Å². The number of ether oxygens (including phenoxy) is 1. The molecular weight excluding hydrogens is 254 g/mol. The Hall–Kier alpha value is -1.02. The molecule has 0 bridgehead atoms. The Kier molecular flexibility index (Phi) is 6.20. The first kappa shape index (κ1) is 15.0. The van der Waals surface area contributed by atoms with E-state index < -0.39 is 10.0 Å². The quantitative estimate of drug-likeness (QED) is 0.657. The van der Waals surface area contributed by atoms with Crippen LogP contribution >= 0.6 is 0 Å². The lowest BCUT2D eigenvalue weighted by Gasteiger charge is -2.06. The number of hydrogen-bond donors (Lipinski definition) is 2. The largest absolute Gasteiger partial charge is 0.383 e. The molecule has 0 fully saturated rings. The first-order valence-electron chi connectivity index (χ1n) is 5.74. The maximum absolute atomic E-state index is 11.8. The van der Waals surface area contributed by atoms with Gasteiger partial charge in [-0.1, -0.05) is 13.0 Å². The number of methoxy groups -OCH3 is 1. The molecule has 0 aromatic carbocycles. The van der Waals surface area contributed by atoms with E-state index in [1.54, 1.807) is 12.3 Å². The van der Waals surface area contributed by atoms with E-state index in [-0.39, 0.29) is 11.6 Å². The fourth-order valence-electron chi connectivity index (χ4n) is 1.30. The minimum absolute atomic E-state index is 0.0267. The second kappa shape index (κ2) is 7.42. The summed E-state index contributed by atoms with van der Waals surface area (Å²) in [5.41, 5.74) is 0.952. The molecule has 0 saturated heterocycles. The third kappa shape index (κ3) is 4.69. The Morgan fingerprint density at radius 3 is 2.72 bits per heavy atom. The van der Waals surface area contributed by atoms with Gasteiger partial charge in [-0.05, 0) is 18.2 Å². The summed E-state index contributed by atoms with van der Waals surface area (Å²) in [6.07, 6.45) is 1.56. The molecule has 1 rings (SSSR count). The number of sulfonamides is 1. The second-order valence-corrected chi connectivity index (χ2v) is 5.39. The van der Waals surface area contributed by atoms with Crippen LogP contribution in [0.2, 0.25) is 0 Å². The van der Waals surface area contributed by atoms with Crippen LogP contribution in [-0.2, 0) is 21.3 Å². The van der Waals surface area contributed by atoms with Crippen molar-refractivity contribution >= 4 is 10.0 Å². The zero-order valence-corrected chi connectivity index (χ0v) is 11.5. The van der Waals surface area contributed by atoms with Crippen LogP contribution in [0.1, 0.15) is 12.5 Å². The molecule has 0 aliphatic carbocycles. The van der Waals surface area contributed by atoms with Gasteiger partial charge in [-0.25, -0.2) is 18.1 Å². The molecule has 1 aromatic rings. The van der Waals surface area contributed by atoms with Crippen LogP contribution in [0, 0.1) is 0 Å². The molecule has 0 atom stereocenters. The average Bonchev–Trinajstić information content (AvgIpc) is 2.37. The molecule has 0 amide bonds. The van der Waals surface area contributed by atoms with E-state index in [0.29, 0.717) is 13.2 Å². The van der Waals surface area contributed by atoms with Crippen molar-refractivity contribution in [2.24, 2.45) is 0 Å². The molecule has 2 N–H and O–H groups in total. The van der Waals surface area contributed by atoms with Crippen molar-refractivity contribution < 1.29 is 13.2 Å². The van der Waals surface area contributed by atoms with Gasteiger partial charge in [-0.3, -0.25) is 0 Å². The number of nitrogens with zero attached hydrogens (tertiary/aromatic N) is 1. The fourth-order valence-corrected chi connectivity index (χ4v) is 2.23. The van der Waals surface area contributed by atoms with Crippen LogP contribution < -0.4 is 10.0 Å². The lowest BCUT2D eigenvalue weighted by molar-refractivity contribution is 0.204. The summed E-state index contributed by atoms with van der Waals surface area (Å²) in [5, 5.41) is 3.17. The number of hydrogen-bond acceptors (Lipinski definition) is 5. The van der Waals surface area contributed by atoms with Gasteiger partial charge in [0.25, 0.3) is 10.0 Å². The van der Waals surface area contributed by atoms with Gasteiger partial charge in [0.1, 0.15) is 0 Å². The van der Waals surface area contributed by atoms with E-state index in [9.17, 15) is 8.42 Å². The monoisotopic (exact) mass is 273 g/mol. The van der Waals surface area contributed by atoms with Gasteiger partial charge in [0.15, 0.2) is 5.03 Å².